The van der Waals surface area contributed by atoms with Crippen molar-refractivity contribution in [3.63, 3.8) is 0 Å². The summed E-state index contributed by atoms with van der Waals surface area (Å²) < 4.78 is 4.94. The van der Waals surface area contributed by atoms with E-state index >= 15 is 0 Å². The van der Waals surface area contributed by atoms with E-state index in [1.54, 1.807) is 7.11 Å². The van der Waals surface area contributed by atoms with Crippen molar-refractivity contribution in [2.24, 2.45) is 0 Å². The van der Waals surface area contributed by atoms with E-state index in [0.717, 1.165) is 12.8 Å². The summed E-state index contributed by atoms with van der Waals surface area (Å²) in [6.45, 7) is 1.77. The summed E-state index contributed by atoms with van der Waals surface area (Å²) in [5, 5.41) is 8.41. The van der Waals surface area contributed by atoms with Crippen molar-refractivity contribution in [3.05, 3.63) is 21.9 Å². The third-order valence-corrected chi connectivity index (χ3v) is 4.40. The van der Waals surface area contributed by atoms with Gasteiger partial charge in [0.2, 0.25) is 5.91 Å². The van der Waals surface area contributed by atoms with Gasteiger partial charge in [-0.3, -0.25) is 4.79 Å². The van der Waals surface area contributed by atoms with Crippen molar-refractivity contribution in [1.82, 2.24) is 10.6 Å². The van der Waals surface area contributed by atoms with E-state index in [-0.39, 0.29) is 5.91 Å². The summed E-state index contributed by atoms with van der Waals surface area (Å²) in [4.78, 5) is 13.2. The Kier molecular flexibility index (Phi) is 5.82. The van der Waals surface area contributed by atoms with Crippen LogP contribution in [0.15, 0.2) is 11.4 Å². The molecule has 106 valence electrons. The molecule has 2 rings (SSSR count). The van der Waals surface area contributed by atoms with Gasteiger partial charge in [-0.25, -0.2) is 0 Å². The summed E-state index contributed by atoms with van der Waals surface area (Å²) in [5.74, 6) is 0.0680. The van der Waals surface area contributed by atoms with Crippen LogP contribution in [0.25, 0.3) is 0 Å². The van der Waals surface area contributed by atoms with E-state index in [9.17, 15) is 4.79 Å². The molecule has 19 heavy (non-hydrogen) atoms. The highest BCUT2D eigenvalue weighted by Gasteiger charge is 2.21. The monoisotopic (exact) mass is 282 g/mol. The molecule has 0 fully saturated rings. The quantitative estimate of drug-likeness (QED) is 0.751. The first-order valence-corrected chi connectivity index (χ1v) is 7.74. The van der Waals surface area contributed by atoms with Gasteiger partial charge in [0.15, 0.2) is 0 Å². The average Bonchev–Trinajstić information content (AvgIpc) is 2.90. The molecule has 0 saturated heterocycles. The Morgan fingerprint density at radius 3 is 3.32 bits per heavy atom. The van der Waals surface area contributed by atoms with Crippen LogP contribution < -0.4 is 10.6 Å². The summed E-state index contributed by atoms with van der Waals surface area (Å²) in [6.07, 6.45) is 4.38. The number of methoxy groups -OCH3 is 1. The number of amides is 1. The molecule has 0 aromatic carbocycles. The van der Waals surface area contributed by atoms with Crippen LogP contribution in [-0.2, 0) is 16.0 Å². The number of aryl methyl sites for hydroxylation is 1. The molecular weight excluding hydrogens is 260 g/mol. The van der Waals surface area contributed by atoms with Crippen LogP contribution in [0.1, 0.15) is 35.7 Å². The molecule has 5 heteroatoms. The third-order valence-electron chi connectivity index (χ3n) is 3.41. The van der Waals surface area contributed by atoms with Crippen LogP contribution in [0.3, 0.4) is 0 Å². The second-order valence-corrected chi connectivity index (χ2v) is 5.82. The number of rotatable bonds is 7. The van der Waals surface area contributed by atoms with Crippen LogP contribution >= 0.6 is 11.3 Å². The number of thiophene rings is 1. The maximum absolute atomic E-state index is 11.7. The standard InChI is InChI=1S/C14H22N2O2S/c1-18-8-3-7-15-14(17)10-16-12-4-2-5-13-11(12)6-9-19-13/h6,9,12,16H,2-5,7-8,10H2,1H3,(H,15,17). The van der Waals surface area contributed by atoms with E-state index in [2.05, 4.69) is 22.1 Å². The Morgan fingerprint density at radius 2 is 2.47 bits per heavy atom. The molecule has 1 aromatic heterocycles. The number of nitrogens with one attached hydrogen (secondary N) is 2. The average molecular weight is 282 g/mol. The fourth-order valence-electron chi connectivity index (χ4n) is 2.42. The lowest BCUT2D eigenvalue weighted by Crippen LogP contribution is -2.37. The molecule has 1 aliphatic rings. The fourth-order valence-corrected chi connectivity index (χ4v) is 3.41. The Morgan fingerprint density at radius 1 is 1.58 bits per heavy atom. The van der Waals surface area contributed by atoms with Gasteiger partial charge in [-0.2, -0.15) is 0 Å². The minimum Gasteiger partial charge on any atom is -0.385 e. The zero-order chi connectivity index (χ0) is 13.5. The lowest BCUT2D eigenvalue weighted by molar-refractivity contribution is -0.120. The number of ether oxygens (including phenoxy) is 1. The first kappa shape index (κ1) is 14.5. The minimum atomic E-state index is 0.0680. The lowest BCUT2D eigenvalue weighted by Gasteiger charge is -2.23. The van der Waals surface area contributed by atoms with E-state index in [0.29, 0.717) is 25.7 Å². The van der Waals surface area contributed by atoms with Gasteiger partial charge in [-0.1, -0.05) is 0 Å². The van der Waals surface area contributed by atoms with Gasteiger partial charge >= 0.3 is 0 Å². The zero-order valence-corrected chi connectivity index (χ0v) is 12.2. The molecule has 1 amide bonds. The van der Waals surface area contributed by atoms with Crippen LogP contribution in [-0.4, -0.2) is 32.7 Å². The summed E-state index contributed by atoms with van der Waals surface area (Å²) in [6, 6.07) is 2.53. The highest BCUT2D eigenvalue weighted by atomic mass is 32.1. The topological polar surface area (TPSA) is 50.4 Å². The third kappa shape index (κ3) is 4.30. The largest absolute Gasteiger partial charge is 0.385 e. The van der Waals surface area contributed by atoms with Crippen molar-refractivity contribution in [2.45, 2.75) is 31.7 Å². The molecular formula is C14H22N2O2S. The summed E-state index contributed by atoms with van der Waals surface area (Å²) >= 11 is 1.83. The molecule has 0 aliphatic heterocycles. The fraction of sp³-hybridized carbons (Fsp3) is 0.643. The Balaban J connectivity index is 1.70. The summed E-state index contributed by atoms with van der Waals surface area (Å²) in [7, 11) is 1.67. The van der Waals surface area contributed by atoms with Crippen molar-refractivity contribution in [3.8, 4) is 0 Å². The van der Waals surface area contributed by atoms with Crippen LogP contribution in [0, 0.1) is 0 Å². The van der Waals surface area contributed by atoms with Crippen molar-refractivity contribution in [2.75, 3.05) is 26.8 Å². The molecule has 4 nitrogen and oxygen atoms in total. The number of carbonyl (C=O) groups is 1. The Hall–Kier alpha value is -0.910. The van der Waals surface area contributed by atoms with Crippen molar-refractivity contribution >= 4 is 17.2 Å². The lowest BCUT2D eigenvalue weighted by atomic mass is 9.94. The first-order valence-electron chi connectivity index (χ1n) is 6.86. The van der Waals surface area contributed by atoms with Crippen molar-refractivity contribution in [1.29, 1.82) is 0 Å². The van der Waals surface area contributed by atoms with Gasteiger partial charge in [0.05, 0.1) is 6.54 Å². The molecule has 1 unspecified atom stereocenters. The smallest absolute Gasteiger partial charge is 0.233 e. The highest BCUT2D eigenvalue weighted by molar-refractivity contribution is 7.10. The number of hydrogen-bond donors (Lipinski definition) is 2. The van der Waals surface area contributed by atoms with Crippen LogP contribution in [0.5, 0.6) is 0 Å². The second kappa shape index (κ2) is 7.62. The predicted octanol–water partition coefficient (Wildman–Crippen LogP) is 1.87. The summed E-state index contributed by atoms with van der Waals surface area (Å²) in [5.41, 5.74) is 1.39. The van der Waals surface area contributed by atoms with Gasteiger partial charge in [-0.15, -0.1) is 11.3 Å². The number of carbonyl (C=O) groups excluding carboxylic acids is 1. The van der Waals surface area contributed by atoms with Gasteiger partial charge in [0, 0.05) is 31.2 Å². The predicted molar refractivity (Wildman–Crippen MR) is 77.5 cm³/mol. The molecule has 0 spiro atoms. The zero-order valence-electron chi connectivity index (χ0n) is 11.4. The molecule has 1 aliphatic carbocycles. The molecule has 1 aromatic rings. The molecule has 2 N–H and O–H groups in total. The normalized spacial score (nSPS) is 18.1. The molecule has 0 saturated carbocycles. The molecule has 1 atom stereocenters. The molecule has 0 radical (unpaired) electrons. The van der Waals surface area contributed by atoms with E-state index < -0.39 is 0 Å². The SMILES string of the molecule is COCCCNC(=O)CNC1CCCc2sccc21. The maximum atomic E-state index is 11.7. The van der Waals surface area contributed by atoms with Crippen molar-refractivity contribution < 1.29 is 9.53 Å². The maximum Gasteiger partial charge on any atom is 0.233 e. The van der Waals surface area contributed by atoms with Gasteiger partial charge in [0.1, 0.15) is 0 Å². The Labute approximate surface area is 118 Å². The van der Waals surface area contributed by atoms with Crippen LogP contribution in [0.2, 0.25) is 0 Å². The van der Waals surface area contributed by atoms with Gasteiger partial charge < -0.3 is 15.4 Å². The molecule has 1 heterocycles. The van der Waals surface area contributed by atoms with Gasteiger partial charge in [-0.05, 0) is 42.7 Å². The van der Waals surface area contributed by atoms with E-state index in [1.165, 1.54) is 23.3 Å². The number of hydrogen-bond acceptors (Lipinski definition) is 4. The number of fused-ring (bicyclic) bond motifs is 1. The molecule has 0 bridgehead atoms. The van der Waals surface area contributed by atoms with Crippen LogP contribution in [0.4, 0.5) is 0 Å². The second-order valence-electron chi connectivity index (χ2n) is 4.82. The van der Waals surface area contributed by atoms with Gasteiger partial charge in [0.25, 0.3) is 0 Å². The Bertz CT molecular complexity index is 406. The first-order chi connectivity index (χ1) is 9.31. The highest BCUT2D eigenvalue weighted by Crippen LogP contribution is 2.32. The minimum absolute atomic E-state index is 0.0680. The van der Waals surface area contributed by atoms with E-state index in [4.69, 9.17) is 4.74 Å². The van der Waals surface area contributed by atoms with E-state index in [1.807, 2.05) is 11.3 Å².